The Kier molecular flexibility index (Phi) is 7.08. The quantitative estimate of drug-likeness (QED) is 0.295. The third kappa shape index (κ3) is 5.33. The van der Waals surface area contributed by atoms with E-state index in [1.807, 2.05) is 36.4 Å². The first-order valence-corrected chi connectivity index (χ1v) is 12.8. The van der Waals surface area contributed by atoms with E-state index in [4.69, 9.17) is 22.1 Å². The van der Waals surface area contributed by atoms with Crippen molar-refractivity contribution in [1.29, 1.82) is 0 Å². The fraction of sp³-hybridized carbons (Fsp3) is 0.182. The highest BCUT2D eigenvalue weighted by atomic mass is 35.5. The molecule has 4 N–H and O–H groups in total. The normalized spacial score (nSPS) is 11.6. The van der Waals surface area contributed by atoms with E-state index in [1.165, 1.54) is 19.2 Å². The topological polar surface area (TPSA) is 128 Å². The molecule has 2 aromatic heterocycles. The molecule has 9 nitrogen and oxygen atoms in total. The minimum Gasteiger partial charge on any atom is -0.496 e. The Morgan fingerprint density at radius 2 is 1.94 bits per heavy atom. The zero-order chi connectivity index (χ0) is 24.3. The number of nitrogens with zero attached hydrogens (tertiary/aromatic N) is 2. The Balaban J connectivity index is 1.67. The second kappa shape index (κ2) is 10.0. The number of ether oxygens (including phenoxy) is 1. The van der Waals surface area contributed by atoms with E-state index in [9.17, 15) is 13.2 Å². The van der Waals surface area contributed by atoms with Crippen LogP contribution in [0.5, 0.6) is 5.75 Å². The maximum atomic E-state index is 12.9. The molecule has 0 atom stereocenters. The molecule has 2 heterocycles. The molecule has 12 heteroatoms. The molecule has 0 radical (unpaired) electrons. The van der Waals surface area contributed by atoms with Gasteiger partial charge in [0.25, 0.3) is 10.0 Å². The summed E-state index contributed by atoms with van der Waals surface area (Å²) in [6.07, 6.45) is 0. The Morgan fingerprint density at radius 1 is 1.18 bits per heavy atom. The van der Waals surface area contributed by atoms with Crippen molar-refractivity contribution in [2.45, 2.75) is 17.3 Å². The largest absolute Gasteiger partial charge is 0.496 e. The van der Waals surface area contributed by atoms with Gasteiger partial charge in [0.1, 0.15) is 9.96 Å². The van der Waals surface area contributed by atoms with Gasteiger partial charge < -0.3 is 15.8 Å². The lowest BCUT2D eigenvalue weighted by molar-refractivity contribution is -0.117. The maximum Gasteiger partial charge on any atom is 0.272 e. The van der Waals surface area contributed by atoms with Crippen molar-refractivity contribution >= 4 is 55.6 Å². The van der Waals surface area contributed by atoms with Crippen molar-refractivity contribution in [3.05, 3.63) is 70.1 Å². The molecule has 0 aliphatic carbocycles. The molecule has 0 unspecified atom stereocenters. The van der Waals surface area contributed by atoms with Crippen molar-refractivity contribution in [3.63, 3.8) is 0 Å². The molecule has 4 aromatic rings. The van der Waals surface area contributed by atoms with Gasteiger partial charge in [-0.3, -0.25) is 14.2 Å². The minimum atomic E-state index is -3.89. The molecule has 34 heavy (non-hydrogen) atoms. The Morgan fingerprint density at radius 3 is 2.65 bits per heavy atom. The van der Waals surface area contributed by atoms with E-state index in [2.05, 4.69) is 15.1 Å². The summed E-state index contributed by atoms with van der Waals surface area (Å²) >= 11 is 6.89. The number of hydrogen-bond donors (Lipinski definition) is 3. The monoisotopic (exact) mass is 519 g/mol. The molecule has 0 fully saturated rings. The van der Waals surface area contributed by atoms with Crippen LogP contribution in [0.25, 0.3) is 10.9 Å². The molecule has 0 spiro atoms. The van der Waals surface area contributed by atoms with Crippen LogP contribution in [0.2, 0.25) is 4.34 Å². The van der Waals surface area contributed by atoms with Crippen LogP contribution < -0.4 is 20.5 Å². The molecular formula is C22H22ClN5O4S2. The average Bonchev–Trinajstić information content (AvgIpc) is 3.38. The smallest absolute Gasteiger partial charge is 0.272 e. The number of halogens is 1. The second-order valence-corrected chi connectivity index (χ2v) is 11.0. The number of sulfonamides is 1. The van der Waals surface area contributed by atoms with E-state index in [0.29, 0.717) is 34.1 Å². The van der Waals surface area contributed by atoms with E-state index in [1.54, 1.807) is 10.7 Å². The molecule has 1 amide bonds. The zero-order valence-electron chi connectivity index (χ0n) is 18.1. The van der Waals surface area contributed by atoms with Gasteiger partial charge in [0, 0.05) is 6.54 Å². The van der Waals surface area contributed by atoms with Gasteiger partial charge in [-0.2, -0.15) is 5.10 Å². The van der Waals surface area contributed by atoms with Crippen molar-refractivity contribution < 1.29 is 17.9 Å². The number of primary amides is 1. The lowest BCUT2D eigenvalue weighted by Gasteiger charge is -2.08. The average molecular weight is 520 g/mol. The van der Waals surface area contributed by atoms with Crippen LogP contribution >= 0.6 is 22.9 Å². The van der Waals surface area contributed by atoms with Gasteiger partial charge in [-0.15, -0.1) is 11.3 Å². The number of hydrogen-bond acceptors (Lipinski definition) is 7. The molecule has 0 saturated carbocycles. The van der Waals surface area contributed by atoms with Crippen molar-refractivity contribution in [1.82, 2.24) is 15.1 Å². The summed E-state index contributed by atoms with van der Waals surface area (Å²) in [5.41, 5.74) is 7.80. The number of nitrogens with two attached hydrogens (primary N) is 1. The van der Waals surface area contributed by atoms with E-state index < -0.39 is 15.9 Å². The number of nitrogens with one attached hydrogen (secondary N) is 2. The molecule has 0 aliphatic heterocycles. The number of carbonyl (C=O) groups is 1. The molecule has 2 aromatic carbocycles. The van der Waals surface area contributed by atoms with Crippen molar-refractivity contribution in [3.8, 4) is 5.75 Å². The molecule has 178 valence electrons. The number of fused-ring (bicyclic) bond motifs is 1. The predicted octanol–water partition coefficient (Wildman–Crippen LogP) is 3.18. The fourth-order valence-electron chi connectivity index (χ4n) is 3.52. The number of amides is 1. The SMILES string of the molecule is COc1cccc2c1c(NS(=O)(=O)c1ccc(Cl)s1)nn2Cc1cccc(CNCC(N)=O)c1. The standard InChI is InChI=1S/C22H22ClN5O4S2/c1-32-17-7-3-6-16-21(17)22(27-34(30,31)20-9-8-18(23)33-20)26-28(16)13-15-5-2-4-14(10-15)11-25-12-19(24)29/h2-10,25H,11-13H2,1H3,(H2,24,29)(H,26,27). The van der Waals surface area contributed by atoms with E-state index >= 15 is 0 Å². The number of carbonyl (C=O) groups excluding carboxylic acids is 1. The third-order valence-corrected chi connectivity index (χ3v) is 8.02. The summed E-state index contributed by atoms with van der Waals surface area (Å²) in [6, 6.07) is 16.2. The lowest BCUT2D eigenvalue weighted by atomic mass is 10.1. The Labute approximate surface area is 205 Å². The summed E-state index contributed by atoms with van der Waals surface area (Å²) in [5, 5.41) is 8.10. The summed E-state index contributed by atoms with van der Waals surface area (Å²) in [4.78, 5) is 11.0. The van der Waals surface area contributed by atoms with Gasteiger partial charge in [0.05, 0.1) is 35.4 Å². The van der Waals surface area contributed by atoms with Gasteiger partial charge in [-0.1, -0.05) is 41.9 Å². The van der Waals surface area contributed by atoms with Gasteiger partial charge >= 0.3 is 0 Å². The predicted molar refractivity (Wildman–Crippen MR) is 133 cm³/mol. The first kappa shape index (κ1) is 24.0. The van der Waals surface area contributed by atoms with E-state index in [0.717, 1.165) is 22.5 Å². The number of thiophene rings is 1. The van der Waals surface area contributed by atoms with Crippen LogP contribution in [-0.4, -0.2) is 37.8 Å². The maximum absolute atomic E-state index is 12.9. The van der Waals surface area contributed by atoms with Gasteiger partial charge in [0.15, 0.2) is 5.82 Å². The minimum absolute atomic E-state index is 0.0891. The molecule has 0 aliphatic rings. The number of methoxy groups -OCH3 is 1. The number of anilines is 1. The lowest BCUT2D eigenvalue weighted by Crippen LogP contribution is -2.28. The summed E-state index contributed by atoms with van der Waals surface area (Å²) < 4.78 is 36.1. The fourth-order valence-corrected chi connectivity index (χ4v) is 6.01. The molecule has 0 bridgehead atoms. The Bertz CT molecular complexity index is 1450. The van der Waals surface area contributed by atoms with Crippen LogP contribution in [0.15, 0.2) is 58.8 Å². The highest BCUT2D eigenvalue weighted by Gasteiger charge is 2.23. The third-order valence-electron chi connectivity index (χ3n) is 4.96. The summed E-state index contributed by atoms with van der Waals surface area (Å²) in [7, 11) is -2.37. The van der Waals surface area contributed by atoms with Gasteiger partial charge in [-0.05, 0) is 35.4 Å². The molecule has 0 saturated heterocycles. The zero-order valence-corrected chi connectivity index (χ0v) is 20.5. The number of rotatable bonds is 10. The van der Waals surface area contributed by atoms with Gasteiger partial charge in [-0.25, -0.2) is 8.42 Å². The van der Waals surface area contributed by atoms with Crippen LogP contribution in [0.4, 0.5) is 5.82 Å². The van der Waals surface area contributed by atoms with Crippen LogP contribution in [0, 0.1) is 0 Å². The van der Waals surface area contributed by atoms with Crippen molar-refractivity contribution in [2.24, 2.45) is 5.73 Å². The Hall–Kier alpha value is -3.12. The first-order valence-electron chi connectivity index (χ1n) is 10.2. The molecular weight excluding hydrogens is 498 g/mol. The van der Waals surface area contributed by atoms with Crippen molar-refractivity contribution in [2.75, 3.05) is 18.4 Å². The second-order valence-electron chi connectivity index (χ2n) is 7.41. The number of benzene rings is 2. The van der Waals surface area contributed by atoms with Crippen LogP contribution in [0.3, 0.4) is 0 Å². The summed E-state index contributed by atoms with van der Waals surface area (Å²) in [5.74, 6) is 0.235. The number of aromatic nitrogens is 2. The van der Waals surface area contributed by atoms with Gasteiger partial charge in [0.2, 0.25) is 5.91 Å². The highest BCUT2D eigenvalue weighted by molar-refractivity contribution is 7.94. The van der Waals surface area contributed by atoms with Crippen LogP contribution in [-0.2, 0) is 27.9 Å². The summed E-state index contributed by atoms with van der Waals surface area (Å²) in [6.45, 7) is 0.964. The van der Waals surface area contributed by atoms with E-state index in [-0.39, 0.29) is 16.6 Å². The highest BCUT2D eigenvalue weighted by Crippen LogP contribution is 2.35. The first-order chi connectivity index (χ1) is 16.3. The molecule has 4 rings (SSSR count). The van der Waals surface area contributed by atoms with Crippen LogP contribution in [0.1, 0.15) is 11.1 Å².